The fourth-order valence-electron chi connectivity index (χ4n) is 1.72. The van der Waals surface area contributed by atoms with Crippen LogP contribution < -0.4 is 4.74 Å². The summed E-state index contributed by atoms with van der Waals surface area (Å²) in [4.78, 5) is 4.09. The summed E-state index contributed by atoms with van der Waals surface area (Å²) < 4.78 is 33.0. The number of aromatic nitrogens is 1. The highest BCUT2D eigenvalue weighted by Gasteiger charge is 2.32. The van der Waals surface area contributed by atoms with Crippen LogP contribution in [0.2, 0.25) is 0 Å². The highest BCUT2D eigenvalue weighted by atomic mass is 19.3. The van der Waals surface area contributed by atoms with Crippen molar-refractivity contribution in [2.24, 2.45) is 0 Å². The maximum Gasteiger partial charge on any atom is 0.276 e. The van der Waals surface area contributed by atoms with Gasteiger partial charge in [-0.15, -0.1) is 0 Å². The predicted octanol–water partition coefficient (Wildman–Crippen LogP) is 4.16. The van der Waals surface area contributed by atoms with Crippen molar-refractivity contribution in [2.45, 2.75) is 25.9 Å². The first-order chi connectivity index (χ1) is 9.13. The summed E-state index contributed by atoms with van der Waals surface area (Å²) in [6, 6.07) is 11.6. The van der Waals surface area contributed by atoms with Crippen LogP contribution in [0, 0.1) is 0 Å². The van der Waals surface area contributed by atoms with E-state index >= 15 is 0 Å². The first kappa shape index (κ1) is 13.5. The molecule has 0 amide bonds. The average molecular weight is 263 g/mol. The second kappa shape index (κ2) is 5.78. The highest BCUT2D eigenvalue weighted by molar-refractivity contribution is 5.36. The molecule has 2 nitrogen and oxygen atoms in total. The van der Waals surface area contributed by atoms with Gasteiger partial charge in [-0.25, -0.2) is 8.78 Å². The Morgan fingerprint density at radius 1 is 1.11 bits per heavy atom. The minimum atomic E-state index is -2.87. The average Bonchev–Trinajstić information content (AvgIpc) is 2.46. The van der Waals surface area contributed by atoms with Crippen LogP contribution in [-0.2, 0) is 12.5 Å². The minimum Gasteiger partial charge on any atom is -0.487 e. The SMILES string of the molecule is CCC(F)(F)c1ccccc1OCc1ccccn1. The molecule has 2 aromatic rings. The summed E-state index contributed by atoms with van der Waals surface area (Å²) in [5.74, 6) is -2.67. The van der Waals surface area contributed by atoms with Crippen LogP contribution in [-0.4, -0.2) is 4.98 Å². The van der Waals surface area contributed by atoms with Crippen molar-refractivity contribution in [3.63, 3.8) is 0 Å². The summed E-state index contributed by atoms with van der Waals surface area (Å²) in [7, 11) is 0. The molecule has 2 rings (SSSR count). The van der Waals surface area contributed by atoms with Gasteiger partial charge < -0.3 is 4.74 Å². The summed E-state index contributed by atoms with van der Waals surface area (Å²) in [6.45, 7) is 1.63. The van der Waals surface area contributed by atoms with Crippen LogP contribution in [0.3, 0.4) is 0 Å². The van der Waals surface area contributed by atoms with Crippen molar-refractivity contribution in [1.29, 1.82) is 0 Å². The van der Waals surface area contributed by atoms with Gasteiger partial charge in [0.15, 0.2) is 0 Å². The molecule has 0 fully saturated rings. The van der Waals surface area contributed by atoms with E-state index in [1.54, 1.807) is 36.5 Å². The molecular formula is C15H15F2NO. The molecule has 100 valence electrons. The zero-order chi connectivity index (χ0) is 13.7. The number of rotatable bonds is 5. The van der Waals surface area contributed by atoms with Gasteiger partial charge in [0, 0.05) is 12.6 Å². The second-order valence-electron chi connectivity index (χ2n) is 4.16. The molecule has 0 N–H and O–H groups in total. The molecule has 1 aromatic carbocycles. The lowest BCUT2D eigenvalue weighted by Crippen LogP contribution is -2.13. The fraction of sp³-hybridized carbons (Fsp3) is 0.267. The number of para-hydroxylation sites is 1. The zero-order valence-corrected chi connectivity index (χ0v) is 10.6. The monoisotopic (exact) mass is 263 g/mol. The molecule has 1 heterocycles. The van der Waals surface area contributed by atoms with E-state index in [2.05, 4.69) is 4.98 Å². The van der Waals surface area contributed by atoms with E-state index in [4.69, 9.17) is 4.74 Å². The number of pyridine rings is 1. The summed E-state index contributed by atoms with van der Waals surface area (Å²) in [6.07, 6.45) is 1.39. The number of halogens is 2. The standard InChI is InChI=1S/C15H15F2NO/c1-2-15(16,17)13-8-3-4-9-14(13)19-11-12-7-5-6-10-18-12/h3-10H,2,11H2,1H3. The molecular weight excluding hydrogens is 248 g/mol. The number of benzene rings is 1. The Balaban J connectivity index is 2.17. The third-order valence-electron chi connectivity index (χ3n) is 2.83. The van der Waals surface area contributed by atoms with E-state index in [1.165, 1.54) is 13.0 Å². The molecule has 0 saturated carbocycles. The van der Waals surface area contributed by atoms with Crippen molar-refractivity contribution in [3.8, 4) is 5.75 Å². The molecule has 0 saturated heterocycles. The zero-order valence-electron chi connectivity index (χ0n) is 10.6. The number of alkyl halides is 2. The molecule has 0 aliphatic carbocycles. The Kier molecular flexibility index (Phi) is 4.10. The van der Waals surface area contributed by atoms with Gasteiger partial charge in [-0.3, -0.25) is 4.98 Å². The van der Waals surface area contributed by atoms with Crippen LogP contribution in [0.25, 0.3) is 0 Å². The van der Waals surface area contributed by atoms with Crippen molar-refractivity contribution in [1.82, 2.24) is 4.98 Å². The van der Waals surface area contributed by atoms with Gasteiger partial charge in [0.05, 0.1) is 11.3 Å². The number of hydrogen-bond acceptors (Lipinski definition) is 2. The normalized spacial score (nSPS) is 11.3. The molecule has 0 radical (unpaired) electrons. The molecule has 1 aromatic heterocycles. The van der Waals surface area contributed by atoms with Gasteiger partial charge in [-0.2, -0.15) is 0 Å². The second-order valence-corrected chi connectivity index (χ2v) is 4.16. The molecule has 19 heavy (non-hydrogen) atoms. The van der Waals surface area contributed by atoms with Gasteiger partial charge in [0.2, 0.25) is 0 Å². The summed E-state index contributed by atoms with van der Waals surface area (Å²) in [5.41, 5.74) is 0.630. The first-order valence-electron chi connectivity index (χ1n) is 6.13. The van der Waals surface area contributed by atoms with Gasteiger partial charge >= 0.3 is 0 Å². The topological polar surface area (TPSA) is 22.1 Å². The molecule has 0 bridgehead atoms. The Bertz CT molecular complexity index is 529. The smallest absolute Gasteiger partial charge is 0.276 e. The van der Waals surface area contributed by atoms with E-state index in [0.717, 1.165) is 0 Å². The third-order valence-corrected chi connectivity index (χ3v) is 2.83. The number of ether oxygens (including phenoxy) is 1. The van der Waals surface area contributed by atoms with Crippen LogP contribution in [0.5, 0.6) is 5.75 Å². The molecule has 0 atom stereocenters. The van der Waals surface area contributed by atoms with E-state index in [9.17, 15) is 8.78 Å². The lowest BCUT2D eigenvalue weighted by atomic mass is 10.1. The van der Waals surface area contributed by atoms with Crippen molar-refractivity contribution >= 4 is 0 Å². The lowest BCUT2D eigenvalue weighted by Gasteiger charge is -2.18. The van der Waals surface area contributed by atoms with Crippen LogP contribution in [0.1, 0.15) is 24.6 Å². The molecule has 0 aliphatic rings. The van der Waals surface area contributed by atoms with Crippen molar-refractivity contribution in [2.75, 3.05) is 0 Å². The lowest BCUT2D eigenvalue weighted by molar-refractivity contribution is -0.0111. The van der Waals surface area contributed by atoms with Gasteiger partial charge in [0.1, 0.15) is 12.4 Å². The third kappa shape index (κ3) is 3.28. The van der Waals surface area contributed by atoms with Crippen LogP contribution in [0.15, 0.2) is 48.7 Å². The Morgan fingerprint density at radius 2 is 1.84 bits per heavy atom. The van der Waals surface area contributed by atoms with Gasteiger partial charge in [0.25, 0.3) is 5.92 Å². The van der Waals surface area contributed by atoms with E-state index in [1.807, 2.05) is 6.07 Å². The summed E-state index contributed by atoms with van der Waals surface area (Å²) >= 11 is 0. The maximum atomic E-state index is 13.8. The fourth-order valence-corrected chi connectivity index (χ4v) is 1.72. The number of nitrogens with zero attached hydrogens (tertiary/aromatic N) is 1. The largest absolute Gasteiger partial charge is 0.487 e. The highest BCUT2D eigenvalue weighted by Crippen LogP contribution is 2.37. The Hall–Kier alpha value is -1.97. The minimum absolute atomic E-state index is 0.0755. The Labute approximate surface area is 111 Å². The molecule has 0 unspecified atom stereocenters. The quantitative estimate of drug-likeness (QED) is 0.808. The molecule has 4 heteroatoms. The van der Waals surface area contributed by atoms with Crippen molar-refractivity contribution in [3.05, 3.63) is 59.9 Å². The van der Waals surface area contributed by atoms with E-state index < -0.39 is 5.92 Å². The van der Waals surface area contributed by atoms with E-state index in [0.29, 0.717) is 5.69 Å². The van der Waals surface area contributed by atoms with Gasteiger partial charge in [-0.1, -0.05) is 25.1 Å². The van der Waals surface area contributed by atoms with Crippen LogP contribution in [0.4, 0.5) is 8.78 Å². The maximum absolute atomic E-state index is 13.8. The molecule has 0 aliphatic heterocycles. The first-order valence-corrected chi connectivity index (χ1v) is 6.13. The van der Waals surface area contributed by atoms with Gasteiger partial charge in [-0.05, 0) is 24.3 Å². The summed E-state index contributed by atoms with van der Waals surface area (Å²) in [5, 5.41) is 0. The van der Waals surface area contributed by atoms with Crippen LogP contribution >= 0.6 is 0 Å². The van der Waals surface area contributed by atoms with E-state index in [-0.39, 0.29) is 24.3 Å². The predicted molar refractivity (Wildman–Crippen MR) is 69.2 cm³/mol. The molecule has 0 spiro atoms. The Morgan fingerprint density at radius 3 is 2.53 bits per heavy atom. The van der Waals surface area contributed by atoms with Crippen molar-refractivity contribution < 1.29 is 13.5 Å². The number of hydrogen-bond donors (Lipinski definition) is 0.